The monoisotopic (exact) mass is 834 g/mol. The van der Waals surface area contributed by atoms with E-state index >= 15 is 0 Å². The summed E-state index contributed by atoms with van der Waals surface area (Å²) < 4.78 is 37.6. The van der Waals surface area contributed by atoms with Crippen molar-refractivity contribution >= 4 is 21.0 Å². The molecule has 2 aliphatic heterocycles. The van der Waals surface area contributed by atoms with Crippen LogP contribution in [0.3, 0.4) is 0 Å². The van der Waals surface area contributed by atoms with Crippen molar-refractivity contribution in [3.8, 4) is 17.6 Å². The van der Waals surface area contributed by atoms with E-state index < -0.39 is 51.1 Å². The largest absolute Gasteiger partial charge is 0.497 e. The highest BCUT2D eigenvalue weighted by molar-refractivity contribution is 7.26. The van der Waals surface area contributed by atoms with Crippen LogP contribution in [0.2, 0.25) is 0 Å². The van der Waals surface area contributed by atoms with Gasteiger partial charge in [-0.15, -0.1) is 0 Å². The van der Waals surface area contributed by atoms with E-state index in [2.05, 4.69) is 38.7 Å². The van der Waals surface area contributed by atoms with Crippen LogP contribution in [0, 0.1) is 11.3 Å². The molecule has 0 spiro atoms. The molecule has 5 atom stereocenters. The van der Waals surface area contributed by atoms with Gasteiger partial charge in [-0.25, -0.2) is 4.79 Å². The number of imide groups is 1. The zero-order chi connectivity index (χ0) is 42.6. The maximum absolute atomic E-state index is 14.2. The minimum absolute atomic E-state index is 0.0401. The van der Waals surface area contributed by atoms with Gasteiger partial charge in [0.1, 0.15) is 35.5 Å². The number of carbonyl (C=O) groups excluding carboxylic acids is 2. The normalized spacial score (nSPS) is 19.0. The van der Waals surface area contributed by atoms with Gasteiger partial charge in [-0.05, 0) is 80.8 Å². The minimum atomic E-state index is -1.14. The van der Waals surface area contributed by atoms with Crippen LogP contribution in [0.4, 0.5) is 4.79 Å². The first kappa shape index (κ1) is 44.4. The van der Waals surface area contributed by atoms with E-state index in [9.17, 15) is 14.9 Å². The molecule has 0 aliphatic carbocycles. The second-order valence-electron chi connectivity index (χ2n) is 15.2. The quantitative estimate of drug-likeness (QED) is 0.0420. The summed E-state index contributed by atoms with van der Waals surface area (Å²) in [6.07, 6.45) is 1.95. The molecular formula is C47H55N4O8P. The maximum atomic E-state index is 14.2. The Labute approximate surface area is 355 Å². The van der Waals surface area contributed by atoms with Crippen molar-refractivity contribution < 1.29 is 37.6 Å². The van der Waals surface area contributed by atoms with Gasteiger partial charge in [-0.2, -0.15) is 5.26 Å². The van der Waals surface area contributed by atoms with Crippen molar-refractivity contribution in [2.75, 3.05) is 40.5 Å². The number of methoxy groups -OCH3 is 2. The number of hydrogen-bond donors (Lipinski definition) is 0. The Morgan fingerprint density at radius 3 is 1.93 bits per heavy atom. The van der Waals surface area contributed by atoms with Gasteiger partial charge in [-0.3, -0.25) is 19.5 Å². The topological polar surface area (TPSA) is 123 Å². The molecule has 1 fully saturated rings. The van der Waals surface area contributed by atoms with Gasteiger partial charge in [0.25, 0.3) is 5.91 Å². The van der Waals surface area contributed by atoms with E-state index in [0.717, 1.165) is 16.7 Å². The fraction of sp³-hybridized carbons (Fsp3) is 0.383. The number of hydrogen-bond acceptors (Lipinski definition) is 10. The second kappa shape index (κ2) is 20.9. The fourth-order valence-electron chi connectivity index (χ4n) is 7.99. The molecule has 0 radical (unpaired) electrons. The van der Waals surface area contributed by atoms with E-state index in [1.54, 1.807) is 43.4 Å². The summed E-state index contributed by atoms with van der Waals surface area (Å²) in [5, 5.41) is 10.1. The summed E-state index contributed by atoms with van der Waals surface area (Å²) >= 11 is 0. The molecule has 2 unspecified atom stereocenters. The predicted molar refractivity (Wildman–Crippen MR) is 231 cm³/mol. The van der Waals surface area contributed by atoms with Crippen LogP contribution >= 0.6 is 9.03 Å². The lowest BCUT2D eigenvalue weighted by Gasteiger charge is -2.37. The van der Waals surface area contributed by atoms with Crippen LogP contribution in [-0.2, 0) is 24.1 Å². The van der Waals surface area contributed by atoms with Crippen molar-refractivity contribution in [2.24, 2.45) is 0 Å². The van der Waals surface area contributed by atoms with E-state index in [1.807, 2.05) is 97.1 Å². The van der Waals surface area contributed by atoms with Crippen LogP contribution < -0.4 is 9.47 Å². The Kier molecular flexibility index (Phi) is 15.5. The number of nitrogens with zero attached hydrogens (tertiary/aromatic N) is 4. The number of ether oxygens (including phenoxy) is 4. The molecule has 0 bridgehead atoms. The maximum Gasteiger partial charge on any atom is 0.329 e. The highest BCUT2D eigenvalue weighted by Crippen LogP contribution is 2.43. The predicted octanol–water partition coefficient (Wildman–Crippen LogP) is 8.18. The number of benzene rings is 4. The molecule has 3 amide bonds. The highest BCUT2D eigenvalue weighted by atomic mass is 31.1. The summed E-state index contributed by atoms with van der Waals surface area (Å²) in [6, 6.07) is 36.0. The third-order valence-electron chi connectivity index (χ3n) is 10.9. The van der Waals surface area contributed by atoms with Crippen molar-refractivity contribution in [3.05, 3.63) is 144 Å². The molecule has 12 nitrogen and oxygen atoms in total. The van der Waals surface area contributed by atoms with Gasteiger partial charge in [0.05, 0.1) is 39.6 Å². The van der Waals surface area contributed by atoms with Crippen LogP contribution in [0.15, 0.2) is 121 Å². The third kappa shape index (κ3) is 10.1. The lowest BCUT2D eigenvalue weighted by atomic mass is 9.80. The van der Waals surface area contributed by atoms with Crippen molar-refractivity contribution in [3.63, 3.8) is 0 Å². The Bertz CT molecular complexity index is 2010. The van der Waals surface area contributed by atoms with E-state index in [0.29, 0.717) is 17.1 Å². The van der Waals surface area contributed by atoms with Gasteiger partial charge < -0.3 is 28.0 Å². The SMILES string of the molecule is COc1ccc(C(OC[C@H]2O[C@H](N3CC=CCN(C(=O)c4ccccc4)C3=O)C[C@@H]2OPOCC(C#N)N(C(C)C)C(C)C)(c2ccccc2)c2ccc(OC)cc2)cc1. The standard InChI is InChI=1S/C47H55N4O8P/c1-33(2)51(34(3)4)39(30-48)31-57-60-59-42-29-44(49-27-13-14-28-50(46(49)53)45(52)35-15-9-7-10-16-35)58-43(42)32-56-47(36-17-11-8-12-18-36,37-19-23-40(54-5)24-20-37)38-21-25-41(55-6)26-22-38/h7-26,33-34,39,42-44,60H,27-29,31-32H2,1-6H3/t39?,42-,43+,44-/m0/s1. The van der Waals surface area contributed by atoms with Gasteiger partial charge in [0.15, 0.2) is 9.03 Å². The van der Waals surface area contributed by atoms with Crippen LogP contribution in [0.25, 0.3) is 0 Å². The molecular weight excluding hydrogens is 780 g/mol. The zero-order valence-electron chi connectivity index (χ0n) is 35.1. The third-order valence-corrected chi connectivity index (χ3v) is 11.5. The number of carbonyl (C=O) groups is 2. The first-order valence-electron chi connectivity index (χ1n) is 20.3. The Hall–Kier alpha value is -5.12. The van der Waals surface area contributed by atoms with Crippen molar-refractivity contribution in [2.45, 2.75) is 76.3 Å². The molecule has 4 aromatic rings. The molecule has 4 aromatic carbocycles. The summed E-state index contributed by atoms with van der Waals surface area (Å²) in [7, 11) is 2.83. The summed E-state index contributed by atoms with van der Waals surface area (Å²) in [4.78, 5) is 32.8. The Balaban J connectivity index is 1.32. The summed E-state index contributed by atoms with van der Waals surface area (Å²) in [6.45, 7) is 8.80. The van der Waals surface area contributed by atoms with E-state index in [4.69, 9.17) is 28.0 Å². The lowest BCUT2D eigenvalue weighted by Crippen LogP contribution is -2.49. The molecule has 0 saturated carbocycles. The Morgan fingerprint density at radius 1 is 0.833 bits per heavy atom. The lowest BCUT2D eigenvalue weighted by molar-refractivity contribution is -0.0997. The zero-order valence-corrected chi connectivity index (χ0v) is 36.1. The van der Waals surface area contributed by atoms with Crippen molar-refractivity contribution in [1.29, 1.82) is 5.26 Å². The van der Waals surface area contributed by atoms with E-state index in [1.165, 1.54) is 4.90 Å². The van der Waals surface area contributed by atoms with Gasteiger partial charge >= 0.3 is 6.03 Å². The van der Waals surface area contributed by atoms with Gasteiger partial charge in [0, 0.05) is 37.2 Å². The molecule has 2 aliphatic rings. The first-order chi connectivity index (χ1) is 29.1. The van der Waals surface area contributed by atoms with E-state index in [-0.39, 0.29) is 44.8 Å². The molecule has 1 saturated heterocycles. The average Bonchev–Trinajstić information content (AvgIpc) is 3.58. The smallest absolute Gasteiger partial charge is 0.329 e. The van der Waals surface area contributed by atoms with Crippen LogP contribution in [0.5, 0.6) is 11.5 Å². The summed E-state index contributed by atoms with van der Waals surface area (Å²) in [5.41, 5.74) is 1.85. The van der Waals surface area contributed by atoms with Gasteiger partial charge in [-0.1, -0.05) is 84.9 Å². The van der Waals surface area contributed by atoms with Crippen LogP contribution in [0.1, 0.15) is 61.2 Å². The number of urea groups is 1. The molecule has 60 heavy (non-hydrogen) atoms. The molecule has 316 valence electrons. The van der Waals surface area contributed by atoms with Crippen molar-refractivity contribution in [1.82, 2.24) is 14.7 Å². The molecule has 0 N–H and O–H groups in total. The first-order valence-corrected chi connectivity index (χ1v) is 21.1. The molecule has 0 aromatic heterocycles. The molecule has 2 heterocycles. The molecule has 13 heteroatoms. The average molecular weight is 835 g/mol. The van der Waals surface area contributed by atoms with Crippen LogP contribution in [-0.4, -0.2) is 104 Å². The number of nitriles is 1. The number of rotatable bonds is 18. The molecule has 6 rings (SSSR count). The Morgan fingerprint density at radius 2 is 1.38 bits per heavy atom. The second-order valence-corrected chi connectivity index (χ2v) is 15.9. The minimum Gasteiger partial charge on any atom is -0.497 e. The highest BCUT2D eigenvalue weighted by Gasteiger charge is 2.46. The fourth-order valence-corrected chi connectivity index (χ4v) is 8.65. The van der Waals surface area contributed by atoms with Gasteiger partial charge in [0.2, 0.25) is 0 Å². The number of amides is 3. The summed E-state index contributed by atoms with van der Waals surface area (Å²) in [5.74, 6) is 1.01.